The lowest BCUT2D eigenvalue weighted by Gasteiger charge is -2.15. The minimum atomic E-state index is 0.344. The molecule has 0 amide bonds. The van der Waals surface area contributed by atoms with E-state index in [1.165, 1.54) is 16.0 Å². The first-order chi connectivity index (χ1) is 8.72. The van der Waals surface area contributed by atoms with Gasteiger partial charge in [-0.25, -0.2) is 0 Å². The summed E-state index contributed by atoms with van der Waals surface area (Å²) >= 11 is 8.08. The van der Waals surface area contributed by atoms with Crippen LogP contribution in [0, 0.1) is 6.92 Å². The van der Waals surface area contributed by atoms with Crippen LogP contribution in [0.25, 0.3) is 0 Å². The van der Waals surface area contributed by atoms with Crippen LogP contribution in [0.1, 0.15) is 28.5 Å². The summed E-state index contributed by atoms with van der Waals surface area (Å²) in [4.78, 5) is 1.26. The molecule has 0 aliphatic rings. The van der Waals surface area contributed by atoms with Crippen molar-refractivity contribution in [1.82, 2.24) is 5.32 Å². The lowest BCUT2D eigenvalue weighted by Crippen LogP contribution is -2.16. The standard InChI is InChI=1S/C15H18ClNS/c1-11-10-18-15(14(11)16)13(17-2)9-8-12-6-4-3-5-7-12/h3-7,10,13,17H,8-9H2,1-2H3. The quantitative estimate of drug-likeness (QED) is 0.843. The number of rotatable bonds is 5. The fourth-order valence-electron chi connectivity index (χ4n) is 2.05. The van der Waals surface area contributed by atoms with Gasteiger partial charge in [0, 0.05) is 10.9 Å². The average Bonchev–Trinajstić information content (AvgIpc) is 2.73. The highest BCUT2D eigenvalue weighted by molar-refractivity contribution is 7.10. The van der Waals surface area contributed by atoms with Gasteiger partial charge in [-0.1, -0.05) is 41.9 Å². The molecule has 0 aliphatic carbocycles. The van der Waals surface area contributed by atoms with Crippen LogP contribution in [0.15, 0.2) is 35.7 Å². The van der Waals surface area contributed by atoms with Crippen LogP contribution in [0.4, 0.5) is 0 Å². The third-order valence-electron chi connectivity index (χ3n) is 3.15. The van der Waals surface area contributed by atoms with Crippen molar-refractivity contribution in [2.75, 3.05) is 7.05 Å². The SMILES string of the molecule is CNC(CCc1ccccc1)c1scc(C)c1Cl. The Kier molecular flexibility index (Phi) is 4.81. The Balaban J connectivity index is 2.04. The Labute approximate surface area is 118 Å². The first-order valence-corrected chi connectivity index (χ1v) is 7.42. The zero-order chi connectivity index (χ0) is 13.0. The van der Waals surface area contributed by atoms with Crippen molar-refractivity contribution in [3.8, 4) is 0 Å². The summed E-state index contributed by atoms with van der Waals surface area (Å²) in [5.41, 5.74) is 2.55. The lowest BCUT2D eigenvalue weighted by molar-refractivity contribution is 0.558. The van der Waals surface area contributed by atoms with Gasteiger partial charge in [0.2, 0.25) is 0 Å². The fraction of sp³-hybridized carbons (Fsp3) is 0.333. The van der Waals surface area contributed by atoms with Crippen molar-refractivity contribution in [2.45, 2.75) is 25.8 Å². The second-order valence-electron chi connectivity index (χ2n) is 4.46. The van der Waals surface area contributed by atoms with Crippen molar-refractivity contribution in [1.29, 1.82) is 0 Å². The molecule has 1 aromatic carbocycles. The van der Waals surface area contributed by atoms with Gasteiger partial charge in [-0.15, -0.1) is 11.3 Å². The second kappa shape index (κ2) is 6.37. The zero-order valence-electron chi connectivity index (χ0n) is 10.7. The highest BCUT2D eigenvalue weighted by Crippen LogP contribution is 2.34. The van der Waals surface area contributed by atoms with Crippen LogP contribution in [0.3, 0.4) is 0 Å². The van der Waals surface area contributed by atoms with E-state index in [-0.39, 0.29) is 0 Å². The predicted octanol–water partition coefficient (Wildman–Crippen LogP) is 4.60. The van der Waals surface area contributed by atoms with E-state index < -0.39 is 0 Å². The number of thiophene rings is 1. The number of aryl methyl sites for hydroxylation is 2. The third kappa shape index (κ3) is 3.14. The summed E-state index contributed by atoms with van der Waals surface area (Å²) in [7, 11) is 2.00. The maximum atomic E-state index is 6.33. The second-order valence-corrected chi connectivity index (χ2v) is 5.75. The molecule has 2 aromatic rings. The first-order valence-electron chi connectivity index (χ1n) is 6.17. The van der Waals surface area contributed by atoms with E-state index in [0.29, 0.717) is 6.04 Å². The summed E-state index contributed by atoms with van der Waals surface area (Å²) in [6.07, 6.45) is 2.14. The molecule has 1 heterocycles. The molecule has 1 aromatic heterocycles. The van der Waals surface area contributed by atoms with E-state index in [2.05, 4.69) is 48.0 Å². The molecule has 96 valence electrons. The molecule has 2 rings (SSSR count). The molecular weight excluding hydrogens is 262 g/mol. The first kappa shape index (κ1) is 13.6. The van der Waals surface area contributed by atoms with Crippen LogP contribution in [-0.4, -0.2) is 7.05 Å². The van der Waals surface area contributed by atoms with Gasteiger partial charge in [-0.3, -0.25) is 0 Å². The Morgan fingerprint density at radius 3 is 2.56 bits per heavy atom. The molecule has 3 heteroatoms. The molecule has 0 aliphatic heterocycles. The largest absolute Gasteiger partial charge is 0.312 e. The Morgan fingerprint density at radius 1 is 1.28 bits per heavy atom. The summed E-state index contributed by atoms with van der Waals surface area (Å²) in [6.45, 7) is 2.06. The fourth-order valence-corrected chi connectivity index (χ4v) is 3.52. The van der Waals surface area contributed by atoms with Crippen LogP contribution < -0.4 is 5.32 Å². The minimum Gasteiger partial charge on any atom is -0.312 e. The maximum absolute atomic E-state index is 6.33. The van der Waals surface area contributed by atoms with Gasteiger partial charge in [-0.05, 0) is 43.3 Å². The average molecular weight is 280 g/mol. The highest BCUT2D eigenvalue weighted by atomic mass is 35.5. The number of benzene rings is 1. The molecule has 0 saturated heterocycles. The van der Waals surface area contributed by atoms with Crippen LogP contribution >= 0.6 is 22.9 Å². The van der Waals surface area contributed by atoms with Gasteiger partial charge in [0.25, 0.3) is 0 Å². The molecule has 1 nitrogen and oxygen atoms in total. The third-order valence-corrected chi connectivity index (χ3v) is 4.98. The number of halogens is 1. The molecule has 0 saturated carbocycles. The van der Waals surface area contributed by atoms with Gasteiger partial charge in [0.1, 0.15) is 0 Å². The van der Waals surface area contributed by atoms with Crippen LogP contribution in [0.5, 0.6) is 0 Å². The van der Waals surface area contributed by atoms with Gasteiger partial charge in [0.05, 0.1) is 5.02 Å². The van der Waals surface area contributed by atoms with E-state index in [1.807, 2.05) is 7.05 Å². The topological polar surface area (TPSA) is 12.0 Å². The van der Waals surface area contributed by atoms with E-state index in [0.717, 1.165) is 17.9 Å². The molecule has 0 spiro atoms. The summed E-state index contributed by atoms with van der Waals surface area (Å²) in [5, 5.41) is 6.42. The lowest BCUT2D eigenvalue weighted by atomic mass is 10.0. The van der Waals surface area contributed by atoms with Crippen molar-refractivity contribution >= 4 is 22.9 Å². The number of hydrogen-bond acceptors (Lipinski definition) is 2. The van der Waals surface area contributed by atoms with Crippen molar-refractivity contribution in [2.24, 2.45) is 0 Å². The number of hydrogen-bond donors (Lipinski definition) is 1. The summed E-state index contributed by atoms with van der Waals surface area (Å²) in [6, 6.07) is 10.9. The predicted molar refractivity (Wildman–Crippen MR) is 80.6 cm³/mol. The van der Waals surface area contributed by atoms with Crippen LogP contribution in [0.2, 0.25) is 5.02 Å². The molecule has 0 radical (unpaired) electrons. The van der Waals surface area contributed by atoms with Crippen LogP contribution in [-0.2, 0) is 6.42 Å². The Hall–Kier alpha value is -0.830. The maximum Gasteiger partial charge on any atom is 0.0590 e. The van der Waals surface area contributed by atoms with Gasteiger partial charge in [0.15, 0.2) is 0 Å². The van der Waals surface area contributed by atoms with Gasteiger partial charge in [-0.2, -0.15) is 0 Å². The molecular formula is C15H18ClNS. The van der Waals surface area contributed by atoms with E-state index in [9.17, 15) is 0 Å². The molecule has 18 heavy (non-hydrogen) atoms. The van der Waals surface area contributed by atoms with Gasteiger partial charge < -0.3 is 5.32 Å². The van der Waals surface area contributed by atoms with Crippen molar-refractivity contribution in [3.63, 3.8) is 0 Å². The normalized spacial score (nSPS) is 12.6. The molecule has 0 fully saturated rings. The minimum absolute atomic E-state index is 0.344. The summed E-state index contributed by atoms with van der Waals surface area (Å²) < 4.78 is 0. The Bertz CT molecular complexity index is 492. The molecule has 1 N–H and O–H groups in total. The smallest absolute Gasteiger partial charge is 0.0590 e. The van der Waals surface area contributed by atoms with E-state index >= 15 is 0 Å². The van der Waals surface area contributed by atoms with Crippen molar-refractivity contribution in [3.05, 3.63) is 56.7 Å². The summed E-state index contributed by atoms with van der Waals surface area (Å²) in [5.74, 6) is 0. The molecule has 0 bridgehead atoms. The molecule has 1 atom stereocenters. The zero-order valence-corrected chi connectivity index (χ0v) is 12.3. The van der Waals surface area contributed by atoms with Gasteiger partial charge >= 0.3 is 0 Å². The van der Waals surface area contributed by atoms with Crippen molar-refractivity contribution < 1.29 is 0 Å². The molecule has 1 unspecified atom stereocenters. The van der Waals surface area contributed by atoms with E-state index in [4.69, 9.17) is 11.6 Å². The van der Waals surface area contributed by atoms with E-state index in [1.54, 1.807) is 11.3 Å². The monoisotopic (exact) mass is 279 g/mol. The Morgan fingerprint density at radius 2 is 2.00 bits per heavy atom. The highest BCUT2D eigenvalue weighted by Gasteiger charge is 2.16. The number of nitrogens with one attached hydrogen (secondary N) is 1.